The van der Waals surface area contributed by atoms with E-state index in [1.165, 1.54) is 12.4 Å². The van der Waals surface area contributed by atoms with E-state index in [4.69, 9.17) is 0 Å². The van der Waals surface area contributed by atoms with Crippen molar-refractivity contribution in [1.82, 2.24) is 30.4 Å². The minimum Gasteiger partial charge on any atom is -0.368 e. The molecule has 0 aliphatic heterocycles. The van der Waals surface area contributed by atoms with Gasteiger partial charge in [0.2, 0.25) is 0 Å². The molecule has 2 heterocycles. The van der Waals surface area contributed by atoms with Gasteiger partial charge in [-0.2, -0.15) is 5.10 Å². The summed E-state index contributed by atoms with van der Waals surface area (Å²) in [4.78, 5) is 12.7. The lowest BCUT2D eigenvalue weighted by Gasteiger charge is -2.12. The van der Waals surface area contributed by atoms with Crippen molar-refractivity contribution in [3.8, 4) is 0 Å². The van der Waals surface area contributed by atoms with E-state index in [1.54, 1.807) is 30.1 Å². The van der Waals surface area contributed by atoms with E-state index in [9.17, 15) is 4.39 Å². The number of rotatable bonds is 7. The molecule has 0 aliphatic rings. The molecule has 0 amide bonds. The molecule has 0 unspecified atom stereocenters. The van der Waals surface area contributed by atoms with Crippen LogP contribution in [0.25, 0.3) is 11.0 Å². The highest BCUT2D eigenvalue weighted by Gasteiger charge is 2.07. The zero-order valence-electron chi connectivity index (χ0n) is 15.4. The monoisotopic (exact) mass is 370 g/mol. The van der Waals surface area contributed by atoms with Crippen LogP contribution in [0.2, 0.25) is 0 Å². The lowest BCUT2D eigenvalue weighted by Crippen LogP contribution is -2.40. The Labute approximate surface area is 156 Å². The standard InChI is InChI=1S/C18H23FN8/c1-20-18(22-7-6-13-4-3-5-14(19)10-13)23-9-8-21-16-15-11-26-27(2)17(15)25-12-24-16/h3-5,10-12H,6-9H2,1-2H3,(H2,20,22,23)(H,21,24,25). The Morgan fingerprint density at radius 1 is 1.19 bits per heavy atom. The van der Waals surface area contributed by atoms with Crippen LogP contribution in [0.5, 0.6) is 0 Å². The Kier molecular flexibility index (Phi) is 6.14. The Bertz CT molecular complexity index is 921. The number of benzene rings is 1. The third kappa shape index (κ3) is 4.90. The van der Waals surface area contributed by atoms with Crippen molar-refractivity contribution in [3.05, 3.63) is 48.2 Å². The number of aromatic nitrogens is 4. The second-order valence-electron chi connectivity index (χ2n) is 5.96. The van der Waals surface area contributed by atoms with Crippen LogP contribution in [-0.2, 0) is 13.5 Å². The minimum absolute atomic E-state index is 0.214. The molecular weight excluding hydrogens is 347 g/mol. The van der Waals surface area contributed by atoms with Gasteiger partial charge in [-0.3, -0.25) is 9.67 Å². The summed E-state index contributed by atoms with van der Waals surface area (Å²) in [5.41, 5.74) is 1.74. The van der Waals surface area contributed by atoms with Crippen LogP contribution < -0.4 is 16.0 Å². The smallest absolute Gasteiger partial charge is 0.191 e. The predicted molar refractivity (Wildman–Crippen MR) is 104 cm³/mol. The summed E-state index contributed by atoms with van der Waals surface area (Å²) in [6.07, 6.45) is 3.99. The van der Waals surface area contributed by atoms with Crippen LogP contribution in [0.1, 0.15) is 5.56 Å². The molecule has 3 N–H and O–H groups in total. The van der Waals surface area contributed by atoms with Crippen LogP contribution in [-0.4, -0.2) is 52.4 Å². The van der Waals surface area contributed by atoms with Gasteiger partial charge in [0.1, 0.15) is 18.0 Å². The van der Waals surface area contributed by atoms with E-state index in [-0.39, 0.29) is 5.82 Å². The Hall–Kier alpha value is -3.23. The lowest BCUT2D eigenvalue weighted by atomic mass is 10.1. The van der Waals surface area contributed by atoms with Gasteiger partial charge in [-0.25, -0.2) is 14.4 Å². The van der Waals surface area contributed by atoms with E-state index in [2.05, 4.69) is 36.0 Å². The van der Waals surface area contributed by atoms with E-state index < -0.39 is 0 Å². The fourth-order valence-corrected chi connectivity index (χ4v) is 2.70. The summed E-state index contributed by atoms with van der Waals surface area (Å²) in [6, 6.07) is 6.62. The van der Waals surface area contributed by atoms with Gasteiger partial charge in [-0.15, -0.1) is 0 Å². The zero-order valence-corrected chi connectivity index (χ0v) is 15.4. The maximum Gasteiger partial charge on any atom is 0.191 e. The summed E-state index contributed by atoms with van der Waals surface area (Å²) in [7, 11) is 3.56. The molecule has 1 aromatic carbocycles. The molecule has 0 bridgehead atoms. The molecule has 2 aromatic heterocycles. The average Bonchev–Trinajstić information content (AvgIpc) is 3.05. The van der Waals surface area contributed by atoms with Gasteiger partial charge in [0, 0.05) is 33.7 Å². The fourth-order valence-electron chi connectivity index (χ4n) is 2.70. The van der Waals surface area contributed by atoms with Crippen molar-refractivity contribution >= 4 is 22.8 Å². The van der Waals surface area contributed by atoms with Crippen molar-refractivity contribution in [2.45, 2.75) is 6.42 Å². The molecule has 0 radical (unpaired) electrons. The van der Waals surface area contributed by atoms with E-state index >= 15 is 0 Å². The molecule has 0 atom stereocenters. The molecule has 9 heteroatoms. The van der Waals surface area contributed by atoms with Gasteiger partial charge in [0.05, 0.1) is 11.6 Å². The number of hydrogen-bond donors (Lipinski definition) is 3. The first kappa shape index (κ1) is 18.6. The van der Waals surface area contributed by atoms with Crippen molar-refractivity contribution in [2.24, 2.45) is 12.0 Å². The molecule has 142 valence electrons. The Morgan fingerprint density at radius 3 is 2.85 bits per heavy atom. The quantitative estimate of drug-likeness (QED) is 0.330. The predicted octanol–water partition coefficient (Wildman–Crippen LogP) is 1.32. The third-order valence-corrected chi connectivity index (χ3v) is 4.06. The van der Waals surface area contributed by atoms with Crippen LogP contribution >= 0.6 is 0 Å². The first-order valence-electron chi connectivity index (χ1n) is 8.73. The summed E-state index contributed by atoms with van der Waals surface area (Å²) in [6.45, 7) is 1.98. The number of aliphatic imine (C=N–C) groups is 1. The molecule has 27 heavy (non-hydrogen) atoms. The molecule has 0 aliphatic carbocycles. The first-order valence-corrected chi connectivity index (χ1v) is 8.73. The number of aryl methyl sites for hydroxylation is 1. The highest BCUT2D eigenvalue weighted by Crippen LogP contribution is 2.16. The minimum atomic E-state index is -0.214. The molecular formula is C18H23FN8. The zero-order chi connectivity index (χ0) is 19.1. The average molecular weight is 370 g/mol. The molecule has 0 saturated heterocycles. The van der Waals surface area contributed by atoms with E-state index in [1.807, 2.05) is 13.1 Å². The van der Waals surface area contributed by atoms with E-state index in [0.717, 1.165) is 28.8 Å². The summed E-state index contributed by atoms with van der Waals surface area (Å²) < 4.78 is 14.9. The van der Waals surface area contributed by atoms with E-state index in [0.29, 0.717) is 25.6 Å². The molecule has 0 fully saturated rings. The van der Waals surface area contributed by atoms with Crippen LogP contribution in [0.15, 0.2) is 41.8 Å². The highest BCUT2D eigenvalue weighted by molar-refractivity contribution is 5.86. The van der Waals surface area contributed by atoms with Gasteiger partial charge in [0.15, 0.2) is 11.6 Å². The Morgan fingerprint density at radius 2 is 2.04 bits per heavy atom. The second kappa shape index (κ2) is 8.93. The Balaban J connectivity index is 1.42. The topological polar surface area (TPSA) is 92.1 Å². The number of fused-ring (bicyclic) bond motifs is 1. The molecule has 3 rings (SSSR count). The lowest BCUT2D eigenvalue weighted by molar-refractivity contribution is 0.625. The van der Waals surface area contributed by atoms with Gasteiger partial charge >= 0.3 is 0 Å². The van der Waals surface area contributed by atoms with Gasteiger partial charge in [0.25, 0.3) is 0 Å². The second-order valence-corrected chi connectivity index (χ2v) is 5.96. The number of halogens is 1. The number of guanidine groups is 1. The van der Waals surface area contributed by atoms with Crippen molar-refractivity contribution in [2.75, 3.05) is 32.0 Å². The van der Waals surface area contributed by atoms with Crippen molar-refractivity contribution < 1.29 is 4.39 Å². The summed E-state index contributed by atoms with van der Waals surface area (Å²) >= 11 is 0. The van der Waals surface area contributed by atoms with Gasteiger partial charge < -0.3 is 16.0 Å². The van der Waals surface area contributed by atoms with Crippen LogP contribution in [0.4, 0.5) is 10.2 Å². The van der Waals surface area contributed by atoms with Crippen LogP contribution in [0.3, 0.4) is 0 Å². The first-order chi connectivity index (χ1) is 13.2. The maximum atomic E-state index is 13.2. The maximum absolute atomic E-state index is 13.2. The normalized spacial score (nSPS) is 11.6. The van der Waals surface area contributed by atoms with Gasteiger partial charge in [-0.1, -0.05) is 12.1 Å². The molecule has 8 nitrogen and oxygen atoms in total. The summed E-state index contributed by atoms with van der Waals surface area (Å²) in [5.74, 6) is 1.24. The number of anilines is 1. The third-order valence-electron chi connectivity index (χ3n) is 4.06. The van der Waals surface area contributed by atoms with Crippen molar-refractivity contribution in [1.29, 1.82) is 0 Å². The van der Waals surface area contributed by atoms with Gasteiger partial charge in [-0.05, 0) is 24.1 Å². The number of hydrogen-bond acceptors (Lipinski definition) is 5. The molecule has 3 aromatic rings. The largest absolute Gasteiger partial charge is 0.368 e. The number of nitrogens with zero attached hydrogens (tertiary/aromatic N) is 5. The van der Waals surface area contributed by atoms with Crippen LogP contribution in [0, 0.1) is 5.82 Å². The SMILES string of the molecule is CN=C(NCCNc1ncnc2c1cnn2C)NCCc1cccc(F)c1. The highest BCUT2D eigenvalue weighted by atomic mass is 19.1. The van der Waals surface area contributed by atoms with Crippen molar-refractivity contribution in [3.63, 3.8) is 0 Å². The fraction of sp³-hybridized carbons (Fsp3) is 0.333. The molecule has 0 saturated carbocycles. The molecule has 0 spiro atoms. The summed E-state index contributed by atoms with van der Waals surface area (Å²) in [5, 5.41) is 14.8. The number of nitrogens with one attached hydrogen (secondary N) is 3.